The molecule has 7 heteroatoms. The maximum atomic E-state index is 12.8. The summed E-state index contributed by atoms with van der Waals surface area (Å²) in [7, 11) is 1.60. The highest BCUT2D eigenvalue weighted by Crippen LogP contribution is 2.33. The van der Waals surface area contributed by atoms with Crippen LogP contribution in [0.3, 0.4) is 0 Å². The second kappa shape index (κ2) is 9.84. The van der Waals surface area contributed by atoms with Crippen molar-refractivity contribution in [2.45, 2.75) is 19.4 Å². The number of ether oxygens (including phenoxy) is 3. The maximum Gasteiger partial charge on any atom is 0.332 e. The SMILES string of the molecule is CCOCC(=O)OCC(=O)N1N=C(c2ccccc2)C[C@@H]1c1ccc(OC)cc1. The van der Waals surface area contributed by atoms with E-state index in [1.54, 1.807) is 14.0 Å². The number of hydrogen-bond acceptors (Lipinski definition) is 6. The number of carbonyl (C=O) groups is 2. The summed E-state index contributed by atoms with van der Waals surface area (Å²) in [6.07, 6.45) is 0.564. The minimum atomic E-state index is -0.576. The normalized spacial score (nSPS) is 15.7. The Morgan fingerprint density at radius 2 is 1.79 bits per heavy atom. The van der Waals surface area contributed by atoms with Crippen LogP contribution < -0.4 is 4.74 Å². The largest absolute Gasteiger partial charge is 0.497 e. The zero-order valence-corrected chi connectivity index (χ0v) is 16.5. The molecule has 0 fully saturated rings. The monoisotopic (exact) mass is 396 g/mol. The van der Waals surface area contributed by atoms with E-state index in [-0.39, 0.29) is 25.2 Å². The summed E-state index contributed by atoms with van der Waals surface area (Å²) in [5.74, 6) is -0.229. The van der Waals surface area contributed by atoms with Gasteiger partial charge >= 0.3 is 5.97 Å². The molecule has 0 unspecified atom stereocenters. The number of rotatable bonds is 8. The van der Waals surface area contributed by atoms with E-state index in [0.717, 1.165) is 22.6 Å². The molecule has 0 aromatic heterocycles. The Bertz CT molecular complexity index is 865. The van der Waals surface area contributed by atoms with E-state index in [1.165, 1.54) is 5.01 Å². The first-order chi connectivity index (χ1) is 14.1. The zero-order chi connectivity index (χ0) is 20.6. The first kappa shape index (κ1) is 20.5. The Morgan fingerprint density at radius 3 is 2.45 bits per heavy atom. The van der Waals surface area contributed by atoms with Crippen molar-refractivity contribution in [3.05, 3.63) is 65.7 Å². The van der Waals surface area contributed by atoms with E-state index in [9.17, 15) is 9.59 Å². The van der Waals surface area contributed by atoms with E-state index < -0.39 is 5.97 Å². The molecule has 1 aliphatic heterocycles. The number of amides is 1. The molecule has 1 heterocycles. The van der Waals surface area contributed by atoms with Crippen LogP contribution in [0.5, 0.6) is 5.75 Å². The van der Waals surface area contributed by atoms with Crippen LogP contribution in [-0.2, 0) is 19.1 Å². The van der Waals surface area contributed by atoms with Gasteiger partial charge in [0.2, 0.25) is 0 Å². The summed E-state index contributed by atoms with van der Waals surface area (Å²) >= 11 is 0. The molecule has 0 radical (unpaired) electrons. The van der Waals surface area contributed by atoms with E-state index in [2.05, 4.69) is 5.10 Å². The summed E-state index contributed by atoms with van der Waals surface area (Å²) in [5, 5.41) is 5.95. The molecule has 0 saturated carbocycles. The van der Waals surface area contributed by atoms with Crippen LogP contribution in [0.2, 0.25) is 0 Å². The van der Waals surface area contributed by atoms with E-state index >= 15 is 0 Å². The van der Waals surface area contributed by atoms with E-state index in [4.69, 9.17) is 14.2 Å². The number of benzene rings is 2. The van der Waals surface area contributed by atoms with Gasteiger partial charge in [-0.25, -0.2) is 9.80 Å². The minimum Gasteiger partial charge on any atom is -0.497 e. The Labute approximate surface area is 169 Å². The Hall–Kier alpha value is -3.19. The molecule has 0 N–H and O–H groups in total. The van der Waals surface area contributed by atoms with E-state index in [0.29, 0.717) is 13.0 Å². The predicted molar refractivity (Wildman–Crippen MR) is 108 cm³/mol. The van der Waals surface area contributed by atoms with Gasteiger partial charge in [-0.3, -0.25) is 4.79 Å². The zero-order valence-electron chi connectivity index (χ0n) is 16.5. The van der Waals surface area contributed by atoms with Crippen molar-refractivity contribution in [3.63, 3.8) is 0 Å². The van der Waals surface area contributed by atoms with Gasteiger partial charge in [-0.15, -0.1) is 0 Å². The third-order valence-electron chi connectivity index (χ3n) is 4.55. The van der Waals surface area contributed by atoms with Crippen molar-refractivity contribution >= 4 is 17.6 Å². The number of hydrazone groups is 1. The summed E-state index contributed by atoms with van der Waals surface area (Å²) in [5.41, 5.74) is 2.68. The van der Waals surface area contributed by atoms with Gasteiger partial charge < -0.3 is 14.2 Å². The fourth-order valence-electron chi connectivity index (χ4n) is 3.07. The maximum absolute atomic E-state index is 12.8. The van der Waals surface area contributed by atoms with Crippen LogP contribution in [0, 0.1) is 0 Å². The summed E-state index contributed by atoms with van der Waals surface area (Å²) in [4.78, 5) is 24.4. The van der Waals surface area contributed by atoms with Gasteiger partial charge in [0, 0.05) is 13.0 Å². The first-order valence-corrected chi connectivity index (χ1v) is 9.44. The van der Waals surface area contributed by atoms with Crippen molar-refractivity contribution in [3.8, 4) is 5.75 Å². The van der Waals surface area contributed by atoms with Crippen molar-refractivity contribution in [1.29, 1.82) is 0 Å². The molecule has 3 rings (SSSR count). The lowest BCUT2D eigenvalue weighted by molar-refractivity contribution is -0.156. The van der Waals surface area contributed by atoms with Crippen LogP contribution in [0.15, 0.2) is 59.7 Å². The number of nitrogens with zero attached hydrogens (tertiary/aromatic N) is 2. The smallest absolute Gasteiger partial charge is 0.332 e. The molecule has 2 aromatic rings. The lowest BCUT2D eigenvalue weighted by Crippen LogP contribution is -2.31. The molecular weight excluding hydrogens is 372 g/mol. The molecule has 1 aliphatic rings. The summed E-state index contributed by atoms with van der Waals surface area (Å²) in [6, 6.07) is 16.9. The van der Waals surface area contributed by atoms with Crippen LogP contribution in [0.25, 0.3) is 0 Å². The number of methoxy groups -OCH3 is 1. The Morgan fingerprint density at radius 1 is 1.07 bits per heavy atom. The summed E-state index contributed by atoms with van der Waals surface area (Å²) in [6.45, 7) is 1.62. The molecule has 7 nitrogen and oxygen atoms in total. The summed E-state index contributed by atoms with van der Waals surface area (Å²) < 4.78 is 15.3. The van der Waals surface area contributed by atoms with Crippen molar-refractivity contribution < 1.29 is 23.8 Å². The van der Waals surface area contributed by atoms with Crippen molar-refractivity contribution in [2.24, 2.45) is 5.10 Å². The van der Waals surface area contributed by atoms with Crippen molar-refractivity contribution in [1.82, 2.24) is 5.01 Å². The second-order valence-electron chi connectivity index (χ2n) is 6.44. The van der Waals surface area contributed by atoms with Gasteiger partial charge in [0.1, 0.15) is 12.4 Å². The van der Waals surface area contributed by atoms with Gasteiger partial charge in [-0.1, -0.05) is 42.5 Å². The second-order valence-corrected chi connectivity index (χ2v) is 6.44. The predicted octanol–water partition coefficient (Wildman–Crippen LogP) is 2.95. The Balaban J connectivity index is 1.78. The molecule has 0 bridgehead atoms. The molecule has 152 valence electrons. The minimum absolute atomic E-state index is 0.176. The highest BCUT2D eigenvalue weighted by atomic mass is 16.6. The number of carbonyl (C=O) groups excluding carboxylic acids is 2. The molecule has 1 atom stereocenters. The van der Waals surface area contributed by atoms with Gasteiger partial charge in [0.25, 0.3) is 5.91 Å². The highest BCUT2D eigenvalue weighted by Gasteiger charge is 2.33. The van der Waals surface area contributed by atoms with Crippen molar-refractivity contribution in [2.75, 3.05) is 26.9 Å². The molecule has 0 spiro atoms. The third kappa shape index (κ3) is 5.20. The lowest BCUT2D eigenvalue weighted by Gasteiger charge is -2.22. The first-order valence-electron chi connectivity index (χ1n) is 9.44. The quantitative estimate of drug-likeness (QED) is 0.641. The van der Waals surface area contributed by atoms with Gasteiger partial charge in [-0.05, 0) is 30.2 Å². The lowest BCUT2D eigenvalue weighted by atomic mass is 9.98. The van der Waals surface area contributed by atoms with Gasteiger partial charge in [0.05, 0.1) is 18.9 Å². The van der Waals surface area contributed by atoms with Crippen LogP contribution >= 0.6 is 0 Å². The van der Waals surface area contributed by atoms with Gasteiger partial charge in [0.15, 0.2) is 6.61 Å². The molecule has 0 saturated heterocycles. The number of hydrogen-bond donors (Lipinski definition) is 0. The average molecular weight is 396 g/mol. The standard InChI is InChI=1S/C22H24N2O5/c1-3-28-15-22(26)29-14-21(25)24-20(17-9-11-18(27-2)12-10-17)13-19(23-24)16-7-5-4-6-8-16/h4-12,20H,3,13-15H2,1-2H3/t20-/m1/s1. The Kier molecular flexibility index (Phi) is 6.97. The van der Waals surface area contributed by atoms with Crippen LogP contribution in [0.1, 0.15) is 30.5 Å². The molecule has 2 aromatic carbocycles. The third-order valence-corrected chi connectivity index (χ3v) is 4.55. The fraction of sp³-hybridized carbons (Fsp3) is 0.318. The topological polar surface area (TPSA) is 77.4 Å². The molecule has 1 amide bonds. The van der Waals surface area contributed by atoms with Gasteiger partial charge in [-0.2, -0.15) is 5.10 Å². The average Bonchev–Trinajstić information content (AvgIpc) is 3.22. The molecular formula is C22H24N2O5. The molecule has 29 heavy (non-hydrogen) atoms. The molecule has 0 aliphatic carbocycles. The van der Waals surface area contributed by atoms with E-state index in [1.807, 2.05) is 54.6 Å². The fourth-order valence-corrected chi connectivity index (χ4v) is 3.07. The highest BCUT2D eigenvalue weighted by molar-refractivity contribution is 6.03. The van der Waals surface area contributed by atoms with Crippen LogP contribution in [-0.4, -0.2) is 49.5 Å². The van der Waals surface area contributed by atoms with Crippen LogP contribution in [0.4, 0.5) is 0 Å². The number of esters is 1.